The van der Waals surface area contributed by atoms with Crippen LogP contribution >= 0.6 is 0 Å². The number of Topliss-reactive ketones (excluding diaryl/α,β-unsaturated/α-hetero) is 2. The average molecular weight is 542 g/mol. The maximum atomic E-state index is 15.1. The Balaban J connectivity index is 1.37. The Bertz CT molecular complexity index is 1740. The molecule has 9 heteroatoms. The predicted molar refractivity (Wildman–Crippen MR) is 147 cm³/mol. The first-order chi connectivity index (χ1) is 19.2. The Hall–Kier alpha value is -4.92. The van der Waals surface area contributed by atoms with Crippen LogP contribution in [-0.4, -0.2) is 28.6 Å². The van der Waals surface area contributed by atoms with Gasteiger partial charge in [0.25, 0.3) is 0 Å². The summed E-state index contributed by atoms with van der Waals surface area (Å²) in [6.07, 6.45) is 1.75. The molecule has 0 radical (unpaired) electrons. The molecule has 40 heavy (non-hydrogen) atoms. The zero-order valence-corrected chi connectivity index (χ0v) is 22.0. The Kier molecular flexibility index (Phi) is 7.13. The van der Waals surface area contributed by atoms with Gasteiger partial charge in [-0.15, -0.1) is 0 Å². The molecule has 2 aromatic heterocycles. The van der Waals surface area contributed by atoms with Crippen molar-refractivity contribution in [3.8, 4) is 17.4 Å². The number of fused-ring (bicyclic) bond motifs is 1. The minimum atomic E-state index is -0.693. The lowest BCUT2D eigenvalue weighted by molar-refractivity contribution is -0.118. The largest absolute Gasteiger partial charge is 0.480 e. The molecule has 5 rings (SSSR count). The van der Waals surface area contributed by atoms with Gasteiger partial charge in [0.05, 0.1) is 23.9 Å². The molecule has 202 valence electrons. The van der Waals surface area contributed by atoms with Crippen molar-refractivity contribution in [2.45, 2.75) is 26.7 Å². The number of ether oxygens (including phenoxy) is 2. The molecular weight excluding hydrogens is 516 g/mol. The van der Waals surface area contributed by atoms with Crippen molar-refractivity contribution in [3.05, 3.63) is 100 Å². The fourth-order valence-electron chi connectivity index (χ4n) is 4.87. The van der Waals surface area contributed by atoms with Crippen LogP contribution in [0.5, 0.6) is 17.4 Å². The number of hydrogen-bond acceptors (Lipinski definition) is 7. The van der Waals surface area contributed by atoms with Gasteiger partial charge in [-0.3, -0.25) is 14.6 Å². The highest BCUT2D eigenvalue weighted by Crippen LogP contribution is 2.35. The maximum Gasteiger partial charge on any atom is 0.237 e. The quantitative estimate of drug-likeness (QED) is 0.279. The van der Waals surface area contributed by atoms with E-state index in [1.807, 2.05) is 6.92 Å². The molecule has 2 N–H and O–H groups in total. The summed E-state index contributed by atoms with van der Waals surface area (Å²) in [7, 11) is 1.43. The van der Waals surface area contributed by atoms with Crippen molar-refractivity contribution in [2.24, 2.45) is 0 Å². The third-order valence-electron chi connectivity index (χ3n) is 6.69. The van der Waals surface area contributed by atoms with Gasteiger partial charge in [0, 0.05) is 24.3 Å². The minimum absolute atomic E-state index is 0.0770. The van der Waals surface area contributed by atoms with Crippen LogP contribution in [0, 0.1) is 11.6 Å². The van der Waals surface area contributed by atoms with Crippen molar-refractivity contribution in [1.29, 1.82) is 0 Å². The third-order valence-corrected chi connectivity index (χ3v) is 6.69. The van der Waals surface area contributed by atoms with Crippen LogP contribution in [0.25, 0.3) is 16.6 Å². The molecule has 0 fully saturated rings. The van der Waals surface area contributed by atoms with E-state index in [0.29, 0.717) is 45.4 Å². The number of aromatic nitrogens is 2. The van der Waals surface area contributed by atoms with Crippen molar-refractivity contribution in [3.63, 3.8) is 0 Å². The molecule has 0 spiro atoms. The second-order valence-corrected chi connectivity index (χ2v) is 9.55. The lowest BCUT2D eigenvalue weighted by Gasteiger charge is -2.21. The molecule has 0 bridgehead atoms. The Morgan fingerprint density at radius 1 is 1.00 bits per heavy atom. The fourth-order valence-corrected chi connectivity index (χ4v) is 4.87. The Morgan fingerprint density at radius 2 is 1.75 bits per heavy atom. The second-order valence-electron chi connectivity index (χ2n) is 9.55. The van der Waals surface area contributed by atoms with E-state index in [1.165, 1.54) is 49.7 Å². The van der Waals surface area contributed by atoms with Crippen molar-refractivity contribution >= 4 is 33.9 Å². The van der Waals surface area contributed by atoms with Gasteiger partial charge in [-0.2, -0.15) is 0 Å². The maximum absolute atomic E-state index is 15.1. The van der Waals surface area contributed by atoms with E-state index in [9.17, 15) is 14.0 Å². The molecule has 7 nitrogen and oxygen atoms in total. The number of halogens is 2. The van der Waals surface area contributed by atoms with E-state index >= 15 is 4.39 Å². The SMILES string of the molecule is COc1nc2c(Oc3ccc(CC(=O)C4=C(C)CC(C)=C(c5ccc(F)cc5)C4=O)cc3F)ccnc2cc1N. The first-order valence-electron chi connectivity index (χ1n) is 12.4. The van der Waals surface area contributed by atoms with Crippen molar-refractivity contribution < 1.29 is 27.8 Å². The summed E-state index contributed by atoms with van der Waals surface area (Å²) in [6.45, 7) is 3.56. The number of carbonyl (C=O) groups excluding carboxylic acids is 2. The number of allylic oxidation sites excluding steroid dienone is 4. The van der Waals surface area contributed by atoms with Crippen molar-refractivity contribution in [2.75, 3.05) is 12.8 Å². The first kappa shape index (κ1) is 26.7. The van der Waals surface area contributed by atoms with Crippen LogP contribution in [0.2, 0.25) is 0 Å². The van der Waals surface area contributed by atoms with Gasteiger partial charge in [0.15, 0.2) is 28.9 Å². The third kappa shape index (κ3) is 5.05. The van der Waals surface area contributed by atoms with Gasteiger partial charge < -0.3 is 15.2 Å². The van der Waals surface area contributed by atoms with Gasteiger partial charge in [0.2, 0.25) is 5.88 Å². The number of rotatable bonds is 7. The summed E-state index contributed by atoms with van der Waals surface area (Å²) in [6, 6.07) is 12.9. The highest BCUT2D eigenvalue weighted by atomic mass is 19.1. The molecule has 4 aromatic rings. The number of nitrogens with zero attached hydrogens (tertiary/aromatic N) is 2. The van der Waals surface area contributed by atoms with E-state index in [4.69, 9.17) is 15.2 Å². The summed E-state index contributed by atoms with van der Waals surface area (Å²) in [5.41, 5.74) is 9.84. The molecular formula is C31H25F2N3O4. The van der Waals surface area contributed by atoms with Crippen LogP contribution in [0.1, 0.15) is 31.4 Å². The van der Waals surface area contributed by atoms with Gasteiger partial charge in [0.1, 0.15) is 11.3 Å². The van der Waals surface area contributed by atoms with E-state index in [0.717, 1.165) is 5.57 Å². The highest BCUT2D eigenvalue weighted by molar-refractivity contribution is 6.39. The minimum Gasteiger partial charge on any atom is -0.480 e. The van der Waals surface area contributed by atoms with Gasteiger partial charge in [-0.25, -0.2) is 13.8 Å². The number of benzene rings is 2. The molecule has 1 aliphatic rings. The van der Waals surface area contributed by atoms with Gasteiger partial charge in [-0.05, 0) is 61.7 Å². The molecule has 0 saturated heterocycles. The standard InChI is InChI=1S/C31H25F2N3O4/c1-16-12-17(2)28(30(38)27(16)19-5-7-20(32)8-6-19)24(37)14-18-4-9-25(21(33)13-18)40-26-10-11-35-23-15-22(34)31(39-3)36-29(23)26/h4-11,13,15H,12,14,34H2,1-3H3. The first-order valence-corrected chi connectivity index (χ1v) is 12.4. The zero-order chi connectivity index (χ0) is 28.6. The number of ketones is 2. The van der Waals surface area contributed by atoms with Gasteiger partial charge in [-0.1, -0.05) is 29.3 Å². The molecule has 0 saturated carbocycles. The number of anilines is 1. The molecule has 2 heterocycles. The number of nitrogen functional groups attached to an aromatic ring is 1. The van der Waals surface area contributed by atoms with Crippen LogP contribution < -0.4 is 15.2 Å². The molecule has 0 aliphatic heterocycles. The average Bonchev–Trinajstić information content (AvgIpc) is 2.90. The summed E-state index contributed by atoms with van der Waals surface area (Å²) in [5, 5.41) is 0. The number of carbonyl (C=O) groups is 2. The summed E-state index contributed by atoms with van der Waals surface area (Å²) < 4.78 is 39.5. The summed E-state index contributed by atoms with van der Waals surface area (Å²) in [4.78, 5) is 35.2. The van der Waals surface area contributed by atoms with E-state index in [1.54, 1.807) is 25.1 Å². The molecule has 2 aromatic carbocycles. The van der Waals surface area contributed by atoms with Crippen LogP contribution in [0.4, 0.5) is 14.5 Å². The van der Waals surface area contributed by atoms with Crippen LogP contribution in [0.3, 0.4) is 0 Å². The topological polar surface area (TPSA) is 104 Å². The highest BCUT2D eigenvalue weighted by Gasteiger charge is 2.30. The lowest BCUT2D eigenvalue weighted by Crippen LogP contribution is -2.22. The number of pyridine rings is 2. The molecule has 0 amide bonds. The Labute approximate surface area is 229 Å². The van der Waals surface area contributed by atoms with E-state index in [-0.39, 0.29) is 29.4 Å². The number of hydrogen-bond donors (Lipinski definition) is 1. The summed E-state index contributed by atoms with van der Waals surface area (Å²) in [5.74, 6) is -1.59. The Morgan fingerprint density at radius 3 is 2.45 bits per heavy atom. The van der Waals surface area contributed by atoms with Crippen LogP contribution in [0.15, 0.2) is 77.5 Å². The predicted octanol–water partition coefficient (Wildman–Crippen LogP) is 6.17. The second kappa shape index (κ2) is 10.7. The normalized spacial score (nSPS) is 13.7. The molecule has 1 aliphatic carbocycles. The van der Waals surface area contributed by atoms with Gasteiger partial charge >= 0.3 is 0 Å². The number of nitrogens with two attached hydrogens (primary N) is 1. The van der Waals surface area contributed by atoms with E-state index < -0.39 is 23.2 Å². The van der Waals surface area contributed by atoms with E-state index in [2.05, 4.69) is 9.97 Å². The smallest absolute Gasteiger partial charge is 0.237 e. The van der Waals surface area contributed by atoms with Crippen molar-refractivity contribution in [1.82, 2.24) is 9.97 Å². The fraction of sp³-hybridized carbons (Fsp3) is 0.161. The zero-order valence-electron chi connectivity index (χ0n) is 22.0. The lowest BCUT2D eigenvalue weighted by atomic mass is 9.80. The molecule has 0 unspecified atom stereocenters. The summed E-state index contributed by atoms with van der Waals surface area (Å²) >= 11 is 0. The number of methoxy groups -OCH3 is 1. The monoisotopic (exact) mass is 541 g/mol. The van der Waals surface area contributed by atoms with Crippen LogP contribution in [-0.2, 0) is 16.0 Å². The molecule has 0 atom stereocenters.